The van der Waals surface area contributed by atoms with Crippen LogP contribution >= 0.6 is 0 Å². The summed E-state index contributed by atoms with van der Waals surface area (Å²) in [6.45, 7) is 2.59. The zero-order valence-corrected chi connectivity index (χ0v) is 18.3. The van der Waals surface area contributed by atoms with E-state index in [0.29, 0.717) is 23.4 Å². The molecule has 2 aromatic rings. The Morgan fingerprint density at radius 2 is 1.52 bits per heavy atom. The van der Waals surface area contributed by atoms with Crippen molar-refractivity contribution in [2.24, 2.45) is 0 Å². The van der Waals surface area contributed by atoms with Gasteiger partial charge in [0.05, 0.1) is 12.7 Å². The van der Waals surface area contributed by atoms with E-state index in [1.165, 1.54) is 6.07 Å². The van der Waals surface area contributed by atoms with Crippen molar-refractivity contribution in [1.82, 2.24) is 5.32 Å². The van der Waals surface area contributed by atoms with Crippen LogP contribution in [0, 0.1) is 0 Å². The molecule has 0 saturated heterocycles. The smallest absolute Gasteiger partial charge is 0.121 e. The number of para-hydroxylation sites is 1. The van der Waals surface area contributed by atoms with E-state index < -0.39 is 6.10 Å². The van der Waals surface area contributed by atoms with Gasteiger partial charge in [0.1, 0.15) is 11.5 Å². The molecule has 0 fully saturated rings. The number of hydrogen-bond donors (Lipinski definition) is 5. The van der Waals surface area contributed by atoms with Gasteiger partial charge in [-0.3, -0.25) is 0 Å². The molecule has 0 radical (unpaired) electrons. The number of unbranched alkanes of at least 4 members (excludes halogenated alkanes) is 4. The number of ether oxygens (including phenoxy) is 1. The maximum Gasteiger partial charge on any atom is 0.121 e. The van der Waals surface area contributed by atoms with Crippen LogP contribution in [0.15, 0.2) is 42.5 Å². The molecule has 0 amide bonds. The van der Waals surface area contributed by atoms with Gasteiger partial charge >= 0.3 is 0 Å². The molecule has 1 atom stereocenters. The molecule has 31 heavy (non-hydrogen) atoms. The molecule has 0 aliphatic carbocycles. The molecule has 0 aliphatic heterocycles. The minimum atomic E-state index is -0.662. The largest absolute Gasteiger partial charge is 0.508 e. The van der Waals surface area contributed by atoms with Crippen molar-refractivity contribution in [3.8, 4) is 11.5 Å². The number of aryl methyl sites for hydroxylation is 1. The summed E-state index contributed by atoms with van der Waals surface area (Å²) in [5.41, 5.74) is 2.11. The number of phenols is 2. The minimum absolute atomic E-state index is 0.0443. The predicted octanol–water partition coefficient (Wildman–Crippen LogP) is 3.81. The Kier molecular flexibility index (Phi) is 12.0. The van der Waals surface area contributed by atoms with Crippen molar-refractivity contribution in [1.29, 1.82) is 0 Å². The zero-order valence-electron chi connectivity index (χ0n) is 18.3. The molecule has 0 saturated carbocycles. The van der Waals surface area contributed by atoms with Crippen LogP contribution in [-0.2, 0) is 17.8 Å². The highest BCUT2D eigenvalue weighted by Crippen LogP contribution is 2.22. The maximum atomic E-state index is 10.2. The van der Waals surface area contributed by atoms with Gasteiger partial charge in [-0.15, -0.1) is 0 Å². The van der Waals surface area contributed by atoms with Crippen molar-refractivity contribution in [2.45, 2.75) is 57.7 Å². The molecule has 6 nitrogen and oxygen atoms in total. The summed E-state index contributed by atoms with van der Waals surface area (Å²) < 4.78 is 5.69. The average Bonchev–Trinajstić information content (AvgIpc) is 2.78. The van der Waals surface area contributed by atoms with E-state index in [2.05, 4.69) is 5.32 Å². The Balaban J connectivity index is 1.40. The third-order valence-electron chi connectivity index (χ3n) is 5.36. The van der Waals surface area contributed by atoms with Crippen LogP contribution in [0.5, 0.6) is 11.5 Å². The van der Waals surface area contributed by atoms with E-state index in [9.17, 15) is 20.4 Å². The first-order valence-corrected chi connectivity index (χ1v) is 11.3. The van der Waals surface area contributed by atoms with Gasteiger partial charge in [0.15, 0.2) is 0 Å². The fraction of sp³-hybridized carbons (Fsp3) is 0.520. The summed E-state index contributed by atoms with van der Waals surface area (Å²) in [6.07, 6.45) is 6.58. The predicted molar refractivity (Wildman–Crippen MR) is 122 cm³/mol. The fourth-order valence-corrected chi connectivity index (χ4v) is 3.45. The van der Waals surface area contributed by atoms with Gasteiger partial charge in [0, 0.05) is 25.3 Å². The van der Waals surface area contributed by atoms with Crippen molar-refractivity contribution < 1.29 is 25.2 Å². The first-order chi connectivity index (χ1) is 15.1. The van der Waals surface area contributed by atoms with Crippen LogP contribution in [0.25, 0.3) is 0 Å². The molecule has 0 spiro atoms. The first-order valence-electron chi connectivity index (χ1n) is 11.3. The molecule has 5 N–H and O–H groups in total. The number of hydrogen-bond acceptors (Lipinski definition) is 6. The number of aromatic hydroxyl groups is 2. The van der Waals surface area contributed by atoms with Gasteiger partial charge < -0.3 is 30.5 Å². The molecular weight excluding hydrogens is 394 g/mol. The van der Waals surface area contributed by atoms with Gasteiger partial charge in [-0.2, -0.15) is 0 Å². The Labute approximate surface area is 185 Å². The quantitative estimate of drug-likeness (QED) is 0.259. The average molecular weight is 432 g/mol. The SMILES string of the molecule is OCc1cc(C(O)CNCCCCCCOCCCCc2ccccc2O)ccc1O. The summed E-state index contributed by atoms with van der Waals surface area (Å²) in [6, 6.07) is 12.3. The lowest BCUT2D eigenvalue weighted by molar-refractivity contribution is 0.126. The highest BCUT2D eigenvalue weighted by atomic mass is 16.5. The molecule has 0 aromatic heterocycles. The Morgan fingerprint density at radius 1 is 0.806 bits per heavy atom. The van der Waals surface area contributed by atoms with Crippen molar-refractivity contribution in [3.63, 3.8) is 0 Å². The highest BCUT2D eigenvalue weighted by molar-refractivity contribution is 5.36. The molecule has 6 heteroatoms. The maximum absolute atomic E-state index is 10.2. The number of rotatable bonds is 16. The van der Waals surface area contributed by atoms with Gasteiger partial charge in [-0.1, -0.05) is 37.1 Å². The third-order valence-corrected chi connectivity index (χ3v) is 5.36. The lowest BCUT2D eigenvalue weighted by Gasteiger charge is -2.14. The van der Waals surface area contributed by atoms with Gasteiger partial charge in [0.2, 0.25) is 0 Å². The summed E-state index contributed by atoms with van der Waals surface area (Å²) in [5.74, 6) is 0.423. The fourth-order valence-electron chi connectivity index (χ4n) is 3.45. The van der Waals surface area contributed by atoms with E-state index in [4.69, 9.17) is 4.74 Å². The summed E-state index contributed by atoms with van der Waals surface area (Å²) >= 11 is 0. The number of aliphatic hydroxyl groups is 2. The molecule has 172 valence electrons. The number of phenolic OH excluding ortho intramolecular Hbond substituents is 1. The topological polar surface area (TPSA) is 102 Å². The summed E-state index contributed by atoms with van der Waals surface area (Å²) in [4.78, 5) is 0. The molecule has 2 rings (SSSR count). The minimum Gasteiger partial charge on any atom is -0.508 e. The second-order valence-electron chi connectivity index (χ2n) is 7.88. The van der Waals surface area contributed by atoms with E-state index in [0.717, 1.165) is 70.3 Å². The Hall–Kier alpha value is -2.12. The van der Waals surface area contributed by atoms with E-state index >= 15 is 0 Å². The number of aliphatic hydroxyl groups excluding tert-OH is 2. The first kappa shape index (κ1) is 25.1. The van der Waals surface area contributed by atoms with Crippen LogP contribution in [-0.4, -0.2) is 46.7 Å². The molecule has 0 bridgehead atoms. The van der Waals surface area contributed by atoms with E-state index in [1.807, 2.05) is 18.2 Å². The van der Waals surface area contributed by atoms with Crippen LogP contribution in [0.2, 0.25) is 0 Å². The monoisotopic (exact) mass is 431 g/mol. The Bertz CT molecular complexity index is 752. The number of benzene rings is 2. The standard InChI is InChI=1S/C25H37NO5/c27-19-22-17-21(12-13-24(22)29)25(30)18-26-14-6-1-2-7-15-31-16-8-5-10-20-9-3-4-11-23(20)28/h3-4,9,11-13,17,25-30H,1-2,5-8,10,14-16,18-19H2. The van der Waals surface area contributed by atoms with Crippen molar-refractivity contribution >= 4 is 0 Å². The highest BCUT2D eigenvalue weighted by Gasteiger charge is 2.09. The van der Waals surface area contributed by atoms with Crippen LogP contribution in [0.1, 0.15) is 61.3 Å². The lowest BCUT2D eigenvalue weighted by Crippen LogP contribution is -2.22. The van der Waals surface area contributed by atoms with Gasteiger partial charge in [-0.25, -0.2) is 0 Å². The second-order valence-corrected chi connectivity index (χ2v) is 7.88. The van der Waals surface area contributed by atoms with Crippen molar-refractivity contribution in [3.05, 3.63) is 59.2 Å². The summed E-state index contributed by atoms with van der Waals surface area (Å²) in [7, 11) is 0. The van der Waals surface area contributed by atoms with Crippen molar-refractivity contribution in [2.75, 3.05) is 26.3 Å². The van der Waals surface area contributed by atoms with Crippen LogP contribution < -0.4 is 5.32 Å². The molecule has 0 heterocycles. The van der Waals surface area contributed by atoms with E-state index in [1.54, 1.807) is 18.2 Å². The van der Waals surface area contributed by atoms with Gasteiger partial charge in [-0.05, 0) is 68.0 Å². The molecule has 2 aromatic carbocycles. The van der Waals surface area contributed by atoms with Crippen LogP contribution in [0.3, 0.4) is 0 Å². The van der Waals surface area contributed by atoms with E-state index in [-0.39, 0.29) is 12.4 Å². The zero-order chi connectivity index (χ0) is 22.3. The second kappa shape index (κ2) is 14.8. The molecule has 0 aliphatic rings. The normalized spacial score (nSPS) is 12.2. The van der Waals surface area contributed by atoms with Gasteiger partial charge in [0.25, 0.3) is 0 Å². The molecular formula is C25H37NO5. The number of nitrogens with one attached hydrogen (secondary N) is 1. The summed E-state index contributed by atoms with van der Waals surface area (Å²) in [5, 5.41) is 42.0. The lowest BCUT2D eigenvalue weighted by atomic mass is 10.1. The third kappa shape index (κ3) is 9.70. The van der Waals surface area contributed by atoms with Crippen LogP contribution in [0.4, 0.5) is 0 Å². The molecule has 1 unspecified atom stereocenters. The Morgan fingerprint density at radius 3 is 2.29 bits per heavy atom.